The topological polar surface area (TPSA) is 62.8 Å². The number of nitrogens with zero attached hydrogens (tertiary/aromatic N) is 2. The maximum Gasteiger partial charge on any atom is 0.125 e. The highest BCUT2D eigenvalue weighted by Crippen LogP contribution is 2.34. The number of aromatic nitrogens is 3. The summed E-state index contributed by atoms with van der Waals surface area (Å²) < 4.78 is 5.72. The van der Waals surface area contributed by atoms with E-state index in [9.17, 15) is 0 Å². The van der Waals surface area contributed by atoms with Gasteiger partial charge in [0.05, 0.1) is 24.5 Å². The monoisotopic (exact) mass is 278 g/mol. The van der Waals surface area contributed by atoms with Crippen LogP contribution in [0.2, 0.25) is 5.02 Å². The van der Waals surface area contributed by atoms with Crippen molar-refractivity contribution in [1.82, 2.24) is 20.7 Å². The molecule has 0 saturated heterocycles. The first-order valence-electron chi connectivity index (χ1n) is 6.25. The standard InChI is InChI=1S/C13H15ClN4O/c1-15-11(12-7-16-18-17-12)6-9-5-10(14)4-8-2-3-19-13(8)9/h4-5,7,11,15H,2-3,6H2,1H3,(H,16,17,18). The van der Waals surface area contributed by atoms with Crippen LogP contribution in [0.15, 0.2) is 18.3 Å². The minimum atomic E-state index is 0.0884. The van der Waals surface area contributed by atoms with Crippen molar-refractivity contribution in [2.45, 2.75) is 18.9 Å². The number of likely N-dealkylation sites (N-methyl/N-ethyl adjacent to an activating group) is 1. The number of H-pyrrole nitrogens is 1. The van der Waals surface area contributed by atoms with Crippen LogP contribution < -0.4 is 10.1 Å². The molecule has 0 amide bonds. The molecule has 1 aromatic heterocycles. The number of aromatic amines is 1. The van der Waals surface area contributed by atoms with Crippen LogP contribution in [-0.4, -0.2) is 29.1 Å². The van der Waals surface area contributed by atoms with Gasteiger partial charge < -0.3 is 10.1 Å². The summed E-state index contributed by atoms with van der Waals surface area (Å²) in [6, 6.07) is 4.04. The Morgan fingerprint density at radius 3 is 3.16 bits per heavy atom. The second-order valence-electron chi connectivity index (χ2n) is 4.59. The molecule has 2 aromatic rings. The number of hydrogen-bond donors (Lipinski definition) is 2. The van der Waals surface area contributed by atoms with Crippen LogP contribution in [0.4, 0.5) is 0 Å². The average Bonchev–Trinajstić information content (AvgIpc) is 3.05. The van der Waals surface area contributed by atoms with Gasteiger partial charge in [0.1, 0.15) is 5.75 Å². The van der Waals surface area contributed by atoms with Crippen LogP contribution in [0.1, 0.15) is 22.9 Å². The fourth-order valence-corrected chi connectivity index (χ4v) is 2.71. The summed E-state index contributed by atoms with van der Waals surface area (Å²) in [5.41, 5.74) is 3.19. The number of rotatable bonds is 4. The molecule has 0 spiro atoms. The van der Waals surface area contributed by atoms with Crippen LogP contribution in [0, 0.1) is 0 Å². The summed E-state index contributed by atoms with van der Waals surface area (Å²) in [7, 11) is 1.91. The Morgan fingerprint density at radius 2 is 2.42 bits per heavy atom. The summed E-state index contributed by atoms with van der Waals surface area (Å²) in [4.78, 5) is 0. The molecular formula is C13H15ClN4O. The van der Waals surface area contributed by atoms with E-state index in [1.54, 1.807) is 6.20 Å². The van der Waals surface area contributed by atoms with Gasteiger partial charge in [0.25, 0.3) is 0 Å². The van der Waals surface area contributed by atoms with E-state index < -0.39 is 0 Å². The highest BCUT2D eigenvalue weighted by molar-refractivity contribution is 6.30. The van der Waals surface area contributed by atoms with Gasteiger partial charge in [-0.3, -0.25) is 0 Å². The number of fused-ring (bicyclic) bond motifs is 1. The van der Waals surface area contributed by atoms with E-state index in [0.29, 0.717) is 0 Å². The van der Waals surface area contributed by atoms with E-state index in [0.717, 1.165) is 41.5 Å². The van der Waals surface area contributed by atoms with Crippen molar-refractivity contribution in [3.8, 4) is 5.75 Å². The molecule has 100 valence electrons. The lowest BCUT2D eigenvalue weighted by atomic mass is 10.00. The molecule has 0 aliphatic carbocycles. The Labute approximate surface area is 116 Å². The third-order valence-electron chi connectivity index (χ3n) is 3.39. The Hall–Kier alpha value is -1.59. The molecular weight excluding hydrogens is 264 g/mol. The van der Waals surface area contributed by atoms with Gasteiger partial charge in [0, 0.05) is 11.4 Å². The van der Waals surface area contributed by atoms with Gasteiger partial charge in [-0.25, -0.2) is 0 Å². The predicted octanol–water partition coefficient (Wildman–Crippen LogP) is 1.90. The van der Waals surface area contributed by atoms with Gasteiger partial charge in [-0.2, -0.15) is 15.4 Å². The highest BCUT2D eigenvalue weighted by atomic mass is 35.5. The van der Waals surface area contributed by atoms with Crippen molar-refractivity contribution in [3.05, 3.63) is 40.2 Å². The number of halogens is 1. The zero-order valence-electron chi connectivity index (χ0n) is 10.6. The summed E-state index contributed by atoms with van der Waals surface area (Å²) in [6.07, 6.45) is 3.43. The number of ether oxygens (including phenoxy) is 1. The van der Waals surface area contributed by atoms with Gasteiger partial charge in [-0.1, -0.05) is 11.6 Å². The maximum atomic E-state index is 6.17. The lowest BCUT2D eigenvalue weighted by molar-refractivity contribution is 0.352. The summed E-state index contributed by atoms with van der Waals surface area (Å²) in [6.45, 7) is 0.733. The van der Waals surface area contributed by atoms with Crippen molar-refractivity contribution in [1.29, 1.82) is 0 Å². The molecule has 3 rings (SSSR count). The molecule has 0 saturated carbocycles. The lowest BCUT2D eigenvalue weighted by Crippen LogP contribution is -2.19. The Morgan fingerprint density at radius 1 is 1.53 bits per heavy atom. The molecule has 1 aromatic carbocycles. The molecule has 0 bridgehead atoms. The highest BCUT2D eigenvalue weighted by Gasteiger charge is 2.21. The summed E-state index contributed by atoms with van der Waals surface area (Å²) in [5, 5.41) is 14.6. The van der Waals surface area contributed by atoms with Crippen LogP contribution in [0.3, 0.4) is 0 Å². The second-order valence-corrected chi connectivity index (χ2v) is 5.03. The molecule has 5 nitrogen and oxygen atoms in total. The third kappa shape index (κ3) is 2.43. The predicted molar refractivity (Wildman–Crippen MR) is 72.5 cm³/mol. The van der Waals surface area contributed by atoms with E-state index in [1.807, 2.05) is 19.2 Å². The summed E-state index contributed by atoms with van der Waals surface area (Å²) >= 11 is 6.17. The quantitative estimate of drug-likeness (QED) is 0.897. The maximum absolute atomic E-state index is 6.17. The Bertz CT molecular complexity index is 570. The number of nitrogens with one attached hydrogen (secondary N) is 2. The van der Waals surface area contributed by atoms with Gasteiger partial charge >= 0.3 is 0 Å². The normalized spacial score (nSPS) is 15.1. The van der Waals surface area contributed by atoms with Gasteiger partial charge in [-0.15, -0.1) is 0 Å². The minimum absolute atomic E-state index is 0.0884. The van der Waals surface area contributed by atoms with Crippen molar-refractivity contribution < 1.29 is 4.74 Å². The molecule has 19 heavy (non-hydrogen) atoms. The Balaban J connectivity index is 1.90. The smallest absolute Gasteiger partial charge is 0.125 e. The Kier molecular flexibility index (Phi) is 3.40. The van der Waals surface area contributed by atoms with Crippen molar-refractivity contribution in [3.63, 3.8) is 0 Å². The fraction of sp³-hybridized carbons (Fsp3) is 0.385. The number of benzene rings is 1. The zero-order valence-corrected chi connectivity index (χ0v) is 11.4. The summed E-state index contributed by atoms with van der Waals surface area (Å²) in [5.74, 6) is 0.980. The van der Waals surface area contributed by atoms with Crippen LogP contribution in [0.5, 0.6) is 5.75 Å². The zero-order chi connectivity index (χ0) is 13.2. The molecule has 0 fully saturated rings. The molecule has 1 aliphatic rings. The van der Waals surface area contributed by atoms with Crippen LogP contribution >= 0.6 is 11.6 Å². The molecule has 2 heterocycles. The molecule has 6 heteroatoms. The second kappa shape index (κ2) is 5.19. The number of hydrogen-bond acceptors (Lipinski definition) is 4. The van der Waals surface area contributed by atoms with Crippen LogP contribution in [-0.2, 0) is 12.8 Å². The van der Waals surface area contributed by atoms with Crippen LogP contribution in [0.25, 0.3) is 0 Å². The average molecular weight is 279 g/mol. The minimum Gasteiger partial charge on any atom is -0.493 e. The van der Waals surface area contributed by atoms with E-state index in [4.69, 9.17) is 16.3 Å². The van der Waals surface area contributed by atoms with E-state index in [2.05, 4.69) is 20.7 Å². The van der Waals surface area contributed by atoms with Gasteiger partial charge in [0.15, 0.2) is 0 Å². The molecule has 0 radical (unpaired) electrons. The van der Waals surface area contributed by atoms with Crippen molar-refractivity contribution >= 4 is 11.6 Å². The molecule has 1 atom stereocenters. The van der Waals surface area contributed by atoms with Crippen molar-refractivity contribution in [2.75, 3.05) is 13.7 Å². The SMILES string of the molecule is CNC(Cc1cc(Cl)cc2c1OCC2)c1cn[nH]n1. The first kappa shape index (κ1) is 12.4. The molecule has 1 aliphatic heterocycles. The van der Waals surface area contributed by atoms with Gasteiger partial charge in [-0.05, 0) is 36.7 Å². The van der Waals surface area contributed by atoms with Gasteiger partial charge in [0.2, 0.25) is 0 Å². The van der Waals surface area contributed by atoms with E-state index in [1.165, 1.54) is 5.56 Å². The first-order chi connectivity index (χ1) is 9.28. The third-order valence-corrected chi connectivity index (χ3v) is 3.61. The first-order valence-corrected chi connectivity index (χ1v) is 6.62. The van der Waals surface area contributed by atoms with Crippen molar-refractivity contribution in [2.24, 2.45) is 0 Å². The lowest BCUT2D eigenvalue weighted by Gasteiger charge is -2.15. The van der Waals surface area contributed by atoms with E-state index >= 15 is 0 Å². The molecule has 1 unspecified atom stereocenters. The largest absolute Gasteiger partial charge is 0.493 e. The molecule has 2 N–H and O–H groups in total. The fourth-order valence-electron chi connectivity index (χ4n) is 2.45. The van der Waals surface area contributed by atoms with E-state index in [-0.39, 0.29) is 6.04 Å².